The van der Waals surface area contributed by atoms with Crippen LogP contribution in [-0.2, 0) is 11.2 Å². The van der Waals surface area contributed by atoms with Gasteiger partial charge in [0.15, 0.2) is 11.5 Å². The minimum atomic E-state index is -0.123. The second kappa shape index (κ2) is 7.48. The lowest BCUT2D eigenvalue weighted by Crippen LogP contribution is -2.14. The Balaban J connectivity index is 1.45. The van der Waals surface area contributed by atoms with Crippen LogP contribution in [0.5, 0.6) is 0 Å². The SMILES string of the molecule is Cc1ccc(-c2cc(NC(=O)CCc3c(C)nc4c(C#N)cnn4c3C)n[nH]2)s1. The molecule has 0 aliphatic heterocycles. The summed E-state index contributed by atoms with van der Waals surface area (Å²) in [6.07, 6.45) is 2.33. The number of H-pyrrole nitrogens is 1. The van der Waals surface area contributed by atoms with E-state index in [2.05, 4.69) is 31.7 Å². The number of nitrogens with one attached hydrogen (secondary N) is 2. The van der Waals surface area contributed by atoms with Gasteiger partial charge in [-0.05, 0) is 44.9 Å². The third kappa shape index (κ3) is 3.62. The molecule has 0 aromatic carbocycles. The van der Waals surface area contributed by atoms with Gasteiger partial charge in [-0.2, -0.15) is 15.5 Å². The Labute approximate surface area is 171 Å². The first-order valence-electron chi connectivity index (χ1n) is 9.12. The van der Waals surface area contributed by atoms with Crippen molar-refractivity contribution in [2.24, 2.45) is 0 Å². The van der Waals surface area contributed by atoms with Crippen molar-refractivity contribution in [1.82, 2.24) is 24.8 Å². The van der Waals surface area contributed by atoms with E-state index in [0.717, 1.165) is 27.5 Å². The Bertz CT molecular complexity index is 1260. The van der Waals surface area contributed by atoms with E-state index < -0.39 is 0 Å². The van der Waals surface area contributed by atoms with Crippen LogP contribution >= 0.6 is 11.3 Å². The molecule has 1 amide bonds. The van der Waals surface area contributed by atoms with Crippen LogP contribution in [0.4, 0.5) is 5.82 Å². The van der Waals surface area contributed by atoms with Gasteiger partial charge in [0.2, 0.25) is 5.91 Å². The molecular formula is C20H19N7OS. The fraction of sp³-hybridized carbons (Fsp3) is 0.250. The van der Waals surface area contributed by atoms with Crippen LogP contribution in [-0.4, -0.2) is 30.7 Å². The number of thiophene rings is 1. The Morgan fingerprint density at radius 3 is 2.90 bits per heavy atom. The molecule has 0 aliphatic rings. The van der Waals surface area contributed by atoms with Gasteiger partial charge < -0.3 is 5.32 Å². The quantitative estimate of drug-likeness (QED) is 0.527. The topological polar surface area (TPSA) is 112 Å². The maximum atomic E-state index is 12.4. The molecule has 0 saturated heterocycles. The highest BCUT2D eigenvalue weighted by Gasteiger charge is 2.15. The number of hydrogen-bond acceptors (Lipinski definition) is 6. The highest BCUT2D eigenvalue weighted by molar-refractivity contribution is 7.15. The van der Waals surface area contributed by atoms with Crippen LogP contribution in [0, 0.1) is 32.1 Å². The lowest BCUT2D eigenvalue weighted by atomic mass is 10.1. The molecular weight excluding hydrogens is 386 g/mol. The van der Waals surface area contributed by atoms with Crippen molar-refractivity contribution in [1.29, 1.82) is 5.26 Å². The lowest BCUT2D eigenvalue weighted by molar-refractivity contribution is -0.116. The number of anilines is 1. The fourth-order valence-corrected chi connectivity index (χ4v) is 4.12. The number of nitriles is 1. The first-order valence-corrected chi connectivity index (χ1v) is 9.94. The third-order valence-corrected chi connectivity index (χ3v) is 5.82. The molecule has 4 aromatic rings. The van der Waals surface area contributed by atoms with Gasteiger partial charge in [0.25, 0.3) is 0 Å². The number of aryl methyl sites for hydroxylation is 3. The zero-order valence-electron chi connectivity index (χ0n) is 16.3. The van der Waals surface area contributed by atoms with E-state index in [1.54, 1.807) is 15.9 Å². The van der Waals surface area contributed by atoms with Crippen molar-refractivity contribution < 1.29 is 4.79 Å². The average molecular weight is 405 g/mol. The van der Waals surface area contributed by atoms with Crippen LogP contribution < -0.4 is 5.32 Å². The minimum Gasteiger partial charge on any atom is -0.309 e. The average Bonchev–Trinajstić information content (AvgIpc) is 3.41. The molecule has 4 rings (SSSR count). The molecule has 0 bridgehead atoms. The molecule has 0 saturated carbocycles. The molecule has 0 unspecified atom stereocenters. The van der Waals surface area contributed by atoms with Gasteiger partial charge in [-0.15, -0.1) is 11.3 Å². The molecule has 29 heavy (non-hydrogen) atoms. The summed E-state index contributed by atoms with van der Waals surface area (Å²) in [7, 11) is 0. The molecule has 0 spiro atoms. The predicted molar refractivity (Wildman–Crippen MR) is 111 cm³/mol. The molecule has 0 fully saturated rings. The fourth-order valence-electron chi connectivity index (χ4n) is 3.29. The van der Waals surface area contributed by atoms with Crippen LogP contribution in [0.1, 0.15) is 33.8 Å². The summed E-state index contributed by atoms with van der Waals surface area (Å²) in [6.45, 7) is 5.86. The summed E-state index contributed by atoms with van der Waals surface area (Å²) in [5.74, 6) is 0.381. The summed E-state index contributed by atoms with van der Waals surface area (Å²) in [6, 6.07) is 8.01. The number of carbonyl (C=O) groups excluding carboxylic acids is 1. The van der Waals surface area contributed by atoms with Crippen molar-refractivity contribution in [2.75, 3.05) is 5.32 Å². The van der Waals surface area contributed by atoms with Crippen LogP contribution in [0.15, 0.2) is 24.4 Å². The van der Waals surface area contributed by atoms with Gasteiger partial charge >= 0.3 is 0 Å². The van der Waals surface area contributed by atoms with E-state index in [1.165, 1.54) is 11.1 Å². The van der Waals surface area contributed by atoms with E-state index in [1.807, 2.05) is 39.0 Å². The minimum absolute atomic E-state index is 0.123. The molecule has 146 valence electrons. The summed E-state index contributed by atoms with van der Waals surface area (Å²) in [4.78, 5) is 19.2. The second-order valence-corrected chi connectivity index (χ2v) is 8.08. The number of aromatic nitrogens is 5. The monoisotopic (exact) mass is 405 g/mol. The van der Waals surface area contributed by atoms with Gasteiger partial charge in [0.05, 0.1) is 16.8 Å². The maximum absolute atomic E-state index is 12.4. The van der Waals surface area contributed by atoms with Gasteiger partial charge in [-0.25, -0.2) is 9.50 Å². The van der Waals surface area contributed by atoms with E-state index in [9.17, 15) is 4.79 Å². The Morgan fingerprint density at radius 2 is 2.17 bits per heavy atom. The van der Waals surface area contributed by atoms with Crippen molar-refractivity contribution in [3.8, 4) is 16.6 Å². The van der Waals surface area contributed by atoms with Crippen molar-refractivity contribution in [3.05, 3.63) is 51.8 Å². The number of nitrogens with zero attached hydrogens (tertiary/aromatic N) is 5. The summed E-state index contributed by atoms with van der Waals surface area (Å²) >= 11 is 1.67. The van der Waals surface area contributed by atoms with Crippen LogP contribution in [0.2, 0.25) is 0 Å². The molecule has 0 radical (unpaired) electrons. The number of amides is 1. The van der Waals surface area contributed by atoms with Gasteiger partial charge in [-0.1, -0.05) is 0 Å². The normalized spacial score (nSPS) is 11.0. The van der Waals surface area contributed by atoms with Crippen LogP contribution in [0.3, 0.4) is 0 Å². The van der Waals surface area contributed by atoms with E-state index >= 15 is 0 Å². The predicted octanol–water partition coefficient (Wildman–Crippen LogP) is 3.55. The van der Waals surface area contributed by atoms with Crippen molar-refractivity contribution >= 4 is 28.7 Å². The molecule has 8 nitrogen and oxygen atoms in total. The number of fused-ring (bicyclic) bond motifs is 1. The van der Waals surface area contributed by atoms with E-state index in [0.29, 0.717) is 29.9 Å². The molecule has 0 aliphatic carbocycles. The molecule has 4 aromatic heterocycles. The van der Waals surface area contributed by atoms with Gasteiger partial charge in [-0.3, -0.25) is 9.89 Å². The first kappa shape index (κ1) is 18.8. The molecule has 2 N–H and O–H groups in total. The molecule has 9 heteroatoms. The molecule has 0 atom stereocenters. The second-order valence-electron chi connectivity index (χ2n) is 6.79. The number of carbonyl (C=O) groups is 1. The van der Waals surface area contributed by atoms with Gasteiger partial charge in [0, 0.05) is 28.8 Å². The third-order valence-electron chi connectivity index (χ3n) is 4.78. The summed E-state index contributed by atoms with van der Waals surface area (Å²) in [5.41, 5.74) is 4.51. The highest BCUT2D eigenvalue weighted by Crippen LogP contribution is 2.27. The Hall–Kier alpha value is -3.51. The summed E-state index contributed by atoms with van der Waals surface area (Å²) < 4.78 is 1.65. The van der Waals surface area contributed by atoms with Crippen molar-refractivity contribution in [2.45, 2.75) is 33.6 Å². The highest BCUT2D eigenvalue weighted by atomic mass is 32.1. The van der Waals surface area contributed by atoms with Gasteiger partial charge in [0.1, 0.15) is 11.6 Å². The van der Waals surface area contributed by atoms with Crippen molar-refractivity contribution in [3.63, 3.8) is 0 Å². The van der Waals surface area contributed by atoms with E-state index in [4.69, 9.17) is 5.26 Å². The Morgan fingerprint density at radius 1 is 1.34 bits per heavy atom. The number of hydrogen-bond donors (Lipinski definition) is 2. The molecule has 4 heterocycles. The van der Waals surface area contributed by atoms with E-state index in [-0.39, 0.29) is 5.91 Å². The number of rotatable bonds is 5. The van der Waals surface area contributed by atoms with Crippen LogP contribution in [0.25, 0.3) is 16.2 Å². The zero-order chi connectivity index (χ0) is 20.5. The standard InChI is InChI=1S/C20H19N7OS/c1-11-4-6-17(29-11)16-8-18(26-25-16)24-19(28)7-5-15-12(2)23-20-14(9-21)10-22-27(20)13(15)3/h4,6,8,10H,5,7H2,1-3H3,(H2,24,25,26,28). The zero-order valence-corrected chi connectivity index (χ0v) is 17.1. The summed E-state index contributed by atoms with van der Waals surface area (Å²) in [5, 5.41) is 23.4. The largest absolute Gasteiger partial charge is 0.309 e. The maximum Gasteiger partial charge on any atom is 0.225 e. The number of aromatic amines is 1. The Kier molecular flexibility index (Phi) is 4.86. The first-order chi connectivity index (χ1) is 14.0. The lowest BCUT2D eigenvalue weighted by Gasteiger charge is -2.11. The smallest absolute Gasteiger partial charge is 0.225 e.